The molecule has 7 heteroatoms. The van der Waals surface area contributed by atoms with Gasteiger partial charge in [0.05, 0.1) is 15.2 Å². The minimum absolute atomic E-state index is 0.418. The summed E-state index contributed by atoms with van der Waals surface area (Å²) >= 11 is 5.02. The molecule has 108 valence electrons. The van der Waals surface area contributed by atoms with Gasteiger partial charge in [-0.05, 0) is 53.9 Å². The fraction of sp³-hybridized carbons (Fsp3) is 0.538. The van der Waals surface area contributed by atoms with E-state index in [9.17, 15) is 0 Å². The van der Waals surface area contributed by atoms with E-state index in [1.807, 2.05) is 12.1 Å². The van der Waals surface area contributed by atoms with Crippen LogP contribution in [0.1, 0.15) is 18.7 Å². The Kier molecular flexibility index (Phi) is 4.21. The summed E-state index contributed by atoms with van der Waals surface area (Å²) in [5.41, 5.74) is 5.86. The third kappa shape index (κ3) is 3.11. The average molecular weight is 357 g/mol. The summed E-state index contributed by atoms with van der Waals surface area (Å²) in [6, 6.07) is 4.37. The molecule has 0 bridgehead atoms. The second-order valence-corrected chi connectivity index (χ2v) is 7.62. The predicted molar refractivity (Wildman–Crippen MR) is 82.3 cm³/mol. The number of nitrogens with two attached hydrogens (primary N) is 1. The molecule has 1 unspecified atom stereocenters. The summed E-state index contributed by atoms with van der Waals surface area (Å²) in [6.07, 6.45) is 2.56. The first-order valence-electron chi connectivity index (χ1n) is 6.65. The van der Waals surface area contributed by atoms with Crippen molar-refractivity contribution < 1.29 is 4.42 Å². The molecule has 1 atom stereocenters. The molecule has 2 N–H and O–H groups in total. The van der Waals surface area contributed by atoms with E-state index in [4.69, 9.17) is 10.2 Å². The first kappa shape index (κ1) is 14.2. The minimum atomic E-state index is 0.418. The van der Waals surface area contributed by atoms with Crippen molar-refractivity contribution in [3.05, 3.63) is 21.8 Å². The first-order valence-corrected chi connectivity index (χ1v) is 8.26. The molecule has 20 heavy (non-hydrogen) atoms. The van der Waals surface area contributed by atoms with E-state index in [0.717, 1.165) is 14.6 Å². The van der Waals surface area contributed by atoms with Gasteiger partial charge in [0.25, 0.3) is 5.89 Å². The highest BCUT2D eigenvalue weighted by Crippen LogP contribution is 2.35. The third-order valence-corrected chi connectivity index (χ3v) is 5.22. The Morgan fingerprint density at radius 1 is 1.50 bits per heavy atom. The average Bonchev–Trinajstić information content (AvgIpc) is 2.97. The van der Waals surface area contributed by atoms with Crippen LogP contribution in [0.25, 0.3) is 10.8 Å². The van der Waals surface area contributed by atoms with Gasteiger partial charge in [0.1, 0.15) is 0 Å². The van der Waals surface area contributed by atoms with Gasteiger partial charge in [0.2, 0.25) is 5.89 Å². The third-order valence-electron chi connectivity index (χ3n) is 3.61. The maximum Gasteiger partial charge on any atom is 0.257 e. The molecule has 0 radical (unpaired) electrons. The van der Waals surface area contributed by atoms with Crippen molar-refractivity contribution in [2.24, 2.45) is 11.7 Å². The van der Waals surface area contributed by atoms with Crippen molar-refractivity contribution in [2.45, 2.75) is 25.4 Å². The number of likely N-dealkylation sites (N-methyl/N-ethyl adjacent to an activating group) is 1. The largest absolute Gasteiger partial charge is 0.419 e. The zero-order chi connectivity index (χ0) is 14.1. The zero-order valence-electron chi connectivity index (χ0n) is 11.3. The Labute approximate surface area is 130 Å². The van der Waals surface area contributed by atoms with Crippen molar-refractivity contribution >= 4 is 27.3 Å². The van der Waals surface area contributed by atoms with Gasteiger partial charge in [0.15, 0.2) is 0 Å². The number of nitrogens with zero attached hydrogens (tertiary/aromatic N) is 3. The van der Waals surface area contributed by atoms with Gasteiger partial charge in [0, 0.05) is 12.6 Å². The molecular formula is C13H17BrN4OS. The zero-order valence-corrected chi connectivity index (χ0v) is 13.7. The van der Waals surface area contributed by atoms with Gasteiger partial charge >= 0.3 is 0 Å². The van der Waals surface area contributed by atoms with Crippen molar-refractivity contribution in [2.75, 3.05) is 13.6 Å². The van der Waals surface area contributed by atoms with E-state index < -0.39 is 0 Å². The fourth-order valence-electron chi connectivity index (χ4n) is 2.39. The van der Waals surface area contributed by atoms with Crippen LogP contribution in [0.15, 0.2) is 20.3 Å². The van der Waals surface area contributed by atoms with Gasteiger partial charge in [-0.25, -0.2) is 0 Å². The number of hydrogen-bond donors (Lipinski definition) is 1. The molecule has 2 aromatic heterocycles. The SMILES string of the molecule is CN(Cc1nnc(-c2ccc(Br)s2)o1)C(CN)C1CC1. The lowest BCUT2D eigenvalue weighted by molar-refractivity contribution is 0.197. The number of thiophene rings is 1. The highest BCUT2D eigenvalue weighted by Gasteiger charge is 2.33. The molecule has 1 saturated carbocycles. The summed E-state index contributed by atoms with van der Waals surface area (Å²) in [4.78, 5) is 3.20. The van der Waals surface area contributed by atoms with Crippen LogP contribution in [0.5, 0.6) is 0 Å². The molecule has 0 spiro atoms. The Hall–Kier alpha value is -0.760. The molecule has 0 saturated heterocycles. The molecule has 2 aromatic rings. The van der Waals surface area contributed by atoms with E-state index in [0.29, 0.717) is 30.9 Å². The normalized spacial score (nSPS) is 16.8. The van der Waals surface area contributed by atoms with Gasteiger partial charge in [-0.15, -0.1) is 21.5 Å². The molecule has 0 amide bonds. The number of aromatic nitrogens is 2. The van der Waals surface area contributed by atoms with Crippen LogP contribution in [-0.2, 0) is 6.54 Å². The first-order chi connectivity index (χ1) is 9.67. The van der Waals surface area contributed by atoms with Crippen molar-refractivity contribution in [1.29, 1.82) is 0 Å². The summed E-state index contributed by atoms with van der Waals surface area (Å²) in [5.74, 6) is 1.96. The topological polar surface area (TPSA) is 68.2 Å². The molecule has 1 fully saturated rings. The maximum atomic E-state index is 5.86. The quantitative estimate of drug-likeness (QED) is 0.861. The van der Waals surface area contributed by atoms with Gasteiger partial charge in [-0.1, -0.05) is 0 Å². The Balaban J connectivity index is 1.67. The molecule has 0 aromatic carbocycles. The molecule has 1 aliphatic rings. The van der Waals surface area contributed by atoms with Gasteiger partial charge in [-0.3, -0.25) is 4.90 Å². The lowest BCUT2D eigenvalue weighted by Crippen LogP contribution is -2.39. The fourth-order valence-corrected chi connectivity index (χ4v) is 3.70. The number of rotatable bonds is 6. The molecular weight excluding hydrogens is 340 g/mol. The van der Waals surface area contributed by atoms with E-state index in [1.54, 1.807) is 11.3 Å². The molecule has 2 heterocycles. The summed E-state index contributed by atoms with van der Waals surface area (Å²) in [5, 5.41) is 8.24. The minimum Gasteiger partial charge on any atom is -0.419 e. The lowest BCUT2D eigenvalue weighted by Gasteiger charge is -2.25. The van der Waals surface area contributed by atoms with Crippen molar-refractivity contribution in [3.63, 3.8) is 0 Å². The van der Waals surface area contributed by atoms with Crippen LogP contribution in [0.3, 0.4) is 0 Å². The van der Waals surface area contributed by atoms with Crippen LogP contribution in [-0.4, -0.2) is 34.7 Å². The number of hydrogen-bond acceptors (Lipinski definition) is 6. The van der Waals surface area contributed by atoms with Crippen LogP contribution in [0.2, 0.25) is 0 Å². The van der Waals surface area contributed by atoms with Gasteiger partial charge in [-0.2, -0.15) is 0 Å². The molecule has 3 rings (SSSR count). The maximum absolute atomic E-state index is 5.86. The van der Waals surface area contributed by atoms with E-state index >= 15 is 0 Å². The van der Waals surface area contributed by atoms with E-state index in [-0.39, 0.29) is 0 Å². The van der Waals surface area contributed by atoms with E-state index in [1.165, 1.54) is 12.8 Å². The van der Waals surface area contributed by atoms with Crippen LogP contribution >= 0.6 is 27.3 Å². The smallest absolute Gasteiger partial charge is 0.257 e. The van der Waals surface area contributed by atoms with Crippen LogP contribution in [0.4, 0.5) is 0 Å². The summed E-state index contributed by atoms with van der Waals surface area (Å²) < 4.78 is 6.79. The van der Waals surface area contributed by atoms with Crippen molar-refractivity contribution in [1.82, 2.24) is 15.1 Å². The highest BCUT2D eigenvalue weighted by atomic mass is 79.9. The second-order valence-electron chi connectivity index (χ2n) is 5.16. The monoisotopic (exact) mass is 356 g/mol. The molecule has 5 nitrogen and oxygen atoms in total. The summed E-state index contributed by atoms with van der Waals surface area (Å²) in [6.45, 7) is 1.33. The Morgan fingerprint density at radius 2 is 2.30 bits per heavy atom. The Bertz CT molecular complexity index is 580. The van der Waals surface area contributed by atoms with Crippen molar-refractivity contribution in [3.8, 4) is 10.8 Å². The predicted octanol–water partition coefficient (Wildman–Crippen LogP) is 2.73. The highest BCUT2D eigenvalue weighted by molar-refractivity contribution is 9.11. The lowest BCUT2D eigenvalue weighted by atomic mass is 10.1. The van der Waals surface area contributed by atoms with E-state index in [2.05, 4.69) is 38.1 Å². The van der Waals surface area contributed by atoms with Crippen LogP contribution < -0.4 is 5.73 Å². The molecule has 1 aliphatic carbocycles. The number of halogens is 1. The summed E-state index contributed by atoms with van der Waals surface area (Å²) in [7, 11) is 2.07. The van der Waals surface area contributed by atoms with Crippen LogP contribution in [0, 0.1) is 5.92 Å². The van der Waals surface area contributed by atoms with Gasteiger partial charge < -0.3 is 10.2 Å². The molecule has 0 aliphatic heterocycles. The Morgan fingerprint density at radius 3 is 2.90 bits per heavy atom. The standard InChI is InChI=1S/C13H17BrN4OS/c1-18(9(6-15)8-2-3-8)7-12-16-17-13(19-12)10-4-5-11(14)20-10/h4-5,8-9H,2-3,6-7,15H2,1H3. The second kappa shape index (κ2) is 5.93.